The highest BCUT2D eigenvalue weighted by molar-refractivity contribution is 9.10. The van der Waals surface area contributed by atoms with Crippen LogP contribution in [-0.2, 0) is 10.0 Å². The second kappa shape index (κ2) is 7.14. The van der Waals surface area contributed by atoms with Gasteiger partial charge in [0.2, 0.25) is 21.7 Å². The van der Waals surface area contributed by atoms with Crippen molar-refractivity contribution in [1.29, 1.82) is 0 Å². The third-order valence-electron chi connectivity index (χ3n) is 4.45. The van der Waals surface area contributed by atoms with Crippen LogP contribution in [0.5, 0.6) is 0 Å². The molecule has 1 aromatic heterocycles. The van der Waals surface area contributed by atoms with Crippen molar-refractivity contribution in [3.8, 4) is 11.4 Å². The Bertz CT molecular complexity index is 1050. The van der Waals surface area contributed by atoms with Crippen LogP contribution in [0, 0.1) is 5.82 Å². The van der Waals surface area contributed by atoms with Gasteiger partial charge in [-0.25, -0.2) is 12.8 Å². The molecule has 0 N–H and O–H groups in total. The fourth-order valence-corrected chi connectivity index (χ4v) is 5.02. The number of halogens is 2. The van der Waals surface area contributed by atoms with E-state index in [-0.39, 0.29) is 16.6 Å². The van der Waals surface area contributed by atoms with Crippen LogP contribution in [0.4, 0.5) is 4.39 Å². The third kappa shape index (κ3) is 3.54. The Kier molecular flexibility index (Phi) is 4.83. The molecule has 6 nitrogen and oxygen atoms in total. The normalized spacial score (nSPS) is 18.1. The first-order chi connectivity index (χ1) is 12.9. The quantitative estimate of drug-likeness (QED) is 0.594. The van der Waals surface area contributed by atoms with Gasteiger partial charge in [-0.1, -0.05) is 21.1 Å². The molecular formula is C18H15BrFN3O3S. The van der Waals surface area contributed by atoms with Crippen LogP contribution in [0.3, 0.4) is 0 Å². The Morgan fingerprint density at radius 3 is 2.52 bits per heavy atom. The van der Waals surface area contributed by atoms with E-state index >= 15 is 0 Å². The van der Waals surface area contributed by atoms with Crippen LogP contribution in [0.25, 0.3) is 11.4 Å². The van der Waals surface area contributed by atoms with E-state index < -0.39 is 16.1 Å². The predicted octanol–water partition coefficient (Wildman–Crippen LogP) is 4.16. The molecule has 0 aliphatic carbocycles. The van der Waals surface area contributed by atoms with Crippen molar-refractivity contribution in [3.63, 3.8) is 0 Å². The summed E-state index contributed by atoms with van der Waals surface area (Å²) in [6.07, 6.45) is 1.30. The largest absolute Gasteiger partial charge is 0.337 e. The summed E-state index contributed by atoms with van der Waals surface area (Å²) in [7, 11) is -3.68. The van der Waals surface area contributed by atoms with E-state index in [0.717, 1.165) is 4.47 Å². The maximum absolute atomic E-state index is 13.1. The number of hydrogen-bond donors (Lipinski definition) is 0. The number of rotatable bonds is 4. The second-order valence-electron chi connectivity index (χ2n) is 6.19. The monoisotopic (exact) mass is 451 g/mol. The van der Waals surface area contributed by atoms with Crippen molar-refractivity contribution >= 4 is 26.0 Å². The lowest BCUT2D eigenvalue weighted by Gasteiger charge is -2.21. The van der Waals surface area contributed by atoms with E-state index in [1.807, 2.05) is 0 Å². The molecule has 1 saturated heterocycles. The maximum atomic E-state index is 13.1. The van der Waals surface area contributed by atoms with E-state index in [1.54, 1.807) is 36.4 Å². The summed E-state index contributed by atoms with van der Waals surface area (Å²) in [5, 5.41) is 3.93. The summed E-state index contributed by atoms with van der Waals surface area (Å²) in [5.41, 5.74) is 0.603. The topological polar surface area (TPSA) is 76.3 Å². The van der Waals surface area contributed by atoms with Crippen LogP contribution in [0.15, 0.2) is 62.4 Å². The molecule has 1 atom stereocenters. The molecule has 2 heterocycles. The van der Waals surface area contributed by atoms with Gasteiger partial charge in [0.1, 0.15) is 11.9 Å². The molecule has 140 valence electrons. The van der Waals surface area contributed by atoms with Gasteiger partial charge in [-0.3, -0.25) is 0 Å². The smallest absolute Gasteiger partial charge is 0.245 e. The van der Waals surface area contributed by atoms with Crippen molar-refractivity contribution in [2.45, 2.75) is 23.8 Å². The molecule has 0 radical (unpaired) electrons. The van der Waals surface area contributed by atoms with Gasteiger partial charge in [-0.05, 0) is 61.4 Å². The Hall–Kier alpha value is -2.10. The molecule has 27 heavy (non-hydrogen) atoms. The van der Waals surface area contributed by atoms with Crippen molar-refractivity contribution in [1.82, 2.24) is 14.4 Å². The first kappa shape index (κ1) is 18.3. The number of aromatic nitrogens is 2. The zero-order valence-corrected chi connectivity index (χ0v) is 16.5. The van der Waals surface area contributed by atoms with Gasteiger partial charge < -0.3 is 4.52 Å². The lowest BCUT2D eigenvalue weighted by Crippen LogP contribution is -2.30. The summed E-state index contributed by atoms with van der Waals surface area (Å²) in [5.74, 6) is 0.190. The Balaban J connectivity index is 1.64. The summed E-state index contributed by atoms with van der Waals surface area (Å²) < 4.78 is 46.7. The molecule has 1 aliphatic heterocycles. The average molecular weight is 452 g/mol. The van der Waals surface area contributed by atoms with Gasteiger partial charge in [0.15, 0.2) is 0 Å². The lowest BCUT2D eigenvalue weighted by atomic mass is 10.2. The van der Waals surface area contributed by atoms with Crippen LogP contribution in [0.1, 0.15) is 24.8 Å². The summed E-state index contributed by atoms with van der Waals surface area (Å²) in [4.78, 5) is 4.57. The van der Waals surface area contributed by atoms with E-state index in [4.69, 9.17) is 4.52 Å². The van der Waals surface area contributed by atoms with E-state index in [1.165, 1.54) is 16.4 Å². The molecule has 0 saturated carbocycles. The number of sulfonamides is 1. The molecule has 0 bridgehead atoms. The molecule has 2 aromatic carbocycles. The lowest BCUT2D eigenvalue weighted by molar-refractivity contribution is 0.290. The number of nitrogens with zero attached hydrogens (tertiary/aromatic N) is 3. The number of benzene rings is 2. The molecule has 1 aliphatic rings. The zero-order chi connectivity index (χ0) is 19.0. The second-order valence-corrected chi connectivity index (χ2v) is 9.00. The maximum Gasteiger partial charge on any atom is 0.245 e. The SMILES string of the molecule is O=S(=O)(c1ccc(Br)cc1)N1CCC[C@H]1c1nc(-c2ccc(F)cc2)no1. The summed E-state index contributed by atoms with van der Waals surface area (Å²) in [6.45, 7) is 0.386. The molecular weight excluding hydrogens is 437 g/mol. The summed E-state index contributed by atoms with van der Waals surface area (Å²) >= 11 is 3.31. The van der Waals surface area contributed by atoms with E-state index in [0.29, 0.717) is 30.8 Å². The van der Waals surface area contributed by atoms with Crippen LogP contribution in [0.2, 0.25) is 0 Å². The van der Waals surface area contributed by atoms with Crippen molar-refractivity contribution in [2.24, 2.45) is 0 Å². The van der Waals surface area contributed by atoms with Crippen LogP contribution >= 0.6 is 15.9 Å². The minimum atomic E-state index is -3.68. The molecule has 4 rings (SSSR count). The molecule has 9 heteroatoms. The van der Waals surface area contributed by atoms with Gasteiger partial charge in [-0.15, -0.1) is 0 Å². The fraction of sp³-hybridized carbons (Fsp3) is 0.222. The fourth-order valence-electron chi connectivity index (χ4n) is 3.10. The van der Waals surface area contributed by atoms with Gasteiger partial charge in [0.25, 0.3) is 0 Å². The average Bonchev–Trinajstić information content (AvgIpc) is 3.32. The Morgan fingerprint density at radius 1 is 1.11 bits per heavy atom. The Labute approximate surface area is 164 Å². The predicted molar refractivity (Wildman–Crippen MR) is 99.7 cm³/mol. The Morgan fingerprint density at radius 2 is 1.81 bits per heavy atom. The minimum absolute atomic E-state index is 0.218. The standard InChI is InChI=1S/C18H15BrFN3O3S/c19-13-5-9-15(10-6-13)27(24,25)23-11-1-2-16(23)18-21-17(22-26-18)12-3-7-14(20)8-4-12/h3-10,16H,1-2,11H2/t16-/m0/s1. The first-order valence-corrected chi connectivity index (χ1v) is 10.6. The molecule has 0 spiro atoms. The minimum Gasteiger partial charge on any atom is -0.337 e. The van der Waals surface area contributed by atoms with Gasteiger partial charge in [-0.2, -0.15) is 9.29 Å². The summed E-state index contributed by atoms with van der Waals surface area (Å²) in [6, 6.07) is 11.7. The number of hydrogen-bond acceptors (Lipinski definition) is 5. The third-order valence-corrected chi connectivity index (χ3v) is 6.90. The first-order valence-electron chi connectivity index (χ1n) is 8.32. The molecule has 0 unspecified atom stereocenters. The molecule has 3 aromatic rings. The zero-order valence-electron chi connectivity index (χ0n) is 14.0. The van der Waals surface area contributed by atoms with Gasteiger partial charge in [0, 0.05) is 16.6 Å². The van der Waals surface area contributed by atoms with Crippen LogP contribution < -0.4 is 0 Å². The highest BCUT2D eigenvalue weighted by Gasteiger charge is 2.39. The van der Waals surface area contributed by atoms with E-state index in [2.05, 4.69) is 26.1 Å². The van der Waals surface area contributed by atoms with Crippen molar-refractivity contribution in [2.75, 3.05) is 6.54 Å². The van der Waals surface area contributed by atoms with Gasteiger partial charge >= 0.3 is 0 Å². The van der Waals surface area contributed by atoms with Crippen molar-refractivity contribution in [3.05, 3.63) is 64.7 Å². The van der Waals surface area contributed by atoms with Gasteiger partial charge in [0.05, 0.1) is 4.90 Å². The molecule has 1 fully saturated rings. The van der Waals surface area contributed by atoms with E-state index in [9.17, 15) is 12.8 Å². The van der Waals surface area contributed by atoms with Crippen molar-refractivity contribution < 1.29 is 17.3 Å². The van der Waals surface area contributed by atoms with Crippen LogP contribution in [-0.4, -0.2) is 29.4 Å². The highest BCUT2D eigenvalue weighted by Crippen LogP contribution is 2.36. The highest BCUT2D eigenvalue weighted by atomic mass is 79.9. The molecule has 0 amide bonds.